The molecule has 1 aromatic heterocycles. The van der Waals surface area contributed by atoms with Crippen LogP contribution in [0.3, 0.4) is 0 Å². The van der Waals surface area contributed by atoms with Crippen LogP contribution in [0.2, 0.25) is 0 Å². The number of hydrogen-bond acceptors (Lipinski definition) is 3. The molecule has 0 saturated carbocycles. The highest BCUT2D eigenvalue weighted by molar-refractivity contribution is 5.94. The quantitative estimate of drug-likeness (QED) is 0.259. The van der Waals surface area contributed by atoms with Crippen molar-refractivity contribution in [1.29, 1.82) is 0 Å². The zero-order valence-electron chi connectivity index (χ0n) is 21.8. The van der Waals surface area contributed by atoms with Gasteiger partial charge in [0.1, 0.15) is 12.4 Å². The number of amides is 2. The van der Waals surface area contributed by atoms with Crippen molar-refractivity contribution >= 4 is 22.8 Å². The molecule has 0 aliphatic rings. The number of hydrogen-bond donors (Lipinski definition) is 1. The molecule has 0 saturated heterocycles. The first-order chi connectivity index (χ1) is 18.0. The minimum atomic E-state index is -0.0360. The van der Waals surface area contributed by atoms with Crippen molar-refractivity contribution in [2.24, 2.45) is 0 Å². The third kappa shape index (κ3) is 7.06. The first kappa shape index (κ1) is 26.1. The zero-order chi connectivity index (χ0) is 26.0. The summed E-state index contributed by atoms with van der Waals surface area (Å²) < 4.78 is 2.08. The fourth-order valence-corrected chi connectivity index (χ4v) is 4.54. The van der Waals surface area contributed by atoms with E-state index in [1.807, 2.05) is 77.7 Å². The van der Waals surface area contributed by atoms with Crippen LogP contribution in [-0.4, -0.2) is 38.9 Å². The predicted molar refractivity (Wildman–Crippen MR) is 148 cm³/mol. The number of nitrogens with one attached hydrogen (secondary N) is 1. The van der Waals surface area contributed by atoms with Crippen molar-refractivity contribution in [3.05, 3.63) is 102 Å². The number of carbonyl (C=O) groups excluding carboxylic acids is 2. The van der Waals surface area contributed by atoms with Crippen LogP contribution in [0.25, 0.3) is 11.0 Å². The topological polar surface area (TPSA) is 67.2 Å². The third-order valence-corrected chi connectivity index (χ3v) is 6.57. The van der Waals surface area contributed by atoms with E-state index in [1.54, 1.807) is 0 Å². The smallest absolute Gasteiger partial charge is 0.251 e. The highest BCUT2D eigenvalue weighted by Gasteiger charge is 2.20. The molecule has 37 heavy (non-hydrogen) atoms. The molecule has 0 bridgehead atoms. The lowest BCUT2D eigenvalue weighted by Crippen LogP contribution is -2.38. The number of benzene rings is 3. The van der Waals surface area contributed by atoms with Crippen molar-refractivity contribution in [2.45, 2.75) is 58.7 Å². The summed E-state index contributed by atoms with van der Waals surface area (Å²) in [6.45, 7) is 5.63. The molecule has 0 aliphatic heterocycles. The SMILES string of the molecule is CC(C)N(Cc1ccccc1)C(=O)Cn1c(CCCCCNC(=O)c2ccccc2)nc2ccccc21. The molecule has 0 spiro atoms. The first-order valence-electron chi connectivity index (χ1n) is 13.1. The Bertz CT molecular complexity index is 1300. The van der Waals surface area contributed by atoms with Gasteiger partial charge in [-0.25, -0.2) is 4.98 Å². The van der Waals surface area contributed by atoms with E-state index in [2.05, 4.69) is 35.9 Å². The number of unbranched alkanes of at least 4 members (excludes halogenated alkanes) is 2. The van der Waals surface area contributed by atoms with E-state index >= 15 is 0 Å². The van der Waals surface area contributed by atoms with E-state index in [1.165, 1.54) is 0 Å². The molecule has 3 aromatic carbocycles. The molecule has 2 amide bonds. The fraction of sp³-hybridized carbons (Fsp3) is 0.323. The molecular formula is C31H36N4O2. The van der Waals surface area contributed by atoms with Crippen LogP contribution in [0.15, 0.2) is 84.9 Å². The summed E-state index contributed by atoms with van der Waals surface area (Å²) in [7, 11) is 0. The predicted octanol–water partition coefficient (Wildman–Crippen LogP) is 5.62. The van der Waals surface area contributed by atoms with E-state index in [9.17, 15) is 9.59 Å². The van der Waals surface area contributed by atoms with Gasteiger partial charge < -0.3 is 14.8 Å². The fourth-order valence-electron chi connectivity index (χ4n) is 4.54. The van der Waals surface area contributed by atoms with Crippen molar-refractivity contribution < 1.29 is 9.59 Å². The minimum Gasteiger partial charge on any atom is -0.352 e. The summed E-state index contributed by atoms with van der Waals surface area (Å²) in [6, 6.07) is 27.5. The maximum Gasteiger partial charge on any atom is 0.251 e. The Morgan fingerprint density at radius 1 is 0.865 bits per heavy atom. The van der Waals surface area contributed by atoms with Crippen LogP contribution in [0.1, 0.15) is 54.9 Å². The molecule has 1 N–H and O–H groups in total. The summed E-state index contributed by atoms with van der Waals surface area (Å²) in [5, 5.41) is 2.99. The van der Waals surface area contributed by atoms with Crippen LogP contribution < -0.4 is 5.32 Å². The molecule has 6 nitrogen and oxygen atoms in total. The lowest BCUT2D eigenvalue weighted by Gasteiger charge is -2.27. The number of para-hydroxylation sites is 2. The molecule has 0 fully saturated rings. The van der Waals surface area contributed by atoms with E-state index in [4.69, 9.17) is 4.98 Å². The van der Waals surface area contributed by atoms with Crippen molar-refractivity contribution in [3.8, 4) is 0 Å². The monoisotopic (exact) mass is 496 g/mol. The molecule has 4 aromatic rings. The Balaban J connectivity index is 1.36. The van der Waals surface area contributed by atoms with Crippen LogP contribution in [0.4, 0.5) is 0 Å². The van der Waals surface area contributed by atoms with E-state index in [-0.39, 0.29) is 24.4 Å². The Hall–Kier alpha value is -3.93. The number of rotatable bonds is 12. The van der Waals surface area contributed by atoms with E-state index in [0.717, 1.165) is 48.1 Å². The maximum absolute atomic E-state index is 13.5. The standard InChI is InChI=1S/C31H36N4O2/c1-24(2)34(22-25-14-6-3-7-15-25)30(36)23-35-28-19-12-11-18-27(28)33-29(35)20-10-5-13-21-32-31(37)26-16-8-4-9-17-26/h3-4,6-9,11-12,14-19,24H,5,10,13,20-23H2,1-2H3,(H,32,37). The molecular weight excluding hydrogens is 460 g/mol. The molecule has 0 atom stereocenters. The Kier molecular flexibility index (Phi) is 9.08. The zero-order valence-corrected chi connectivity index (χ0v) is 21.8. The van der Waals surface area contributed by atoms with Gasteiger partial charge in [-0.3, -0.25) is 9.59 Å². The first-order valence-corrected chi connectivity index (χ1v) is 13.1. The van der Waals surface area contributed by atoms with Crippen LogP contribution >= 0.6 is 0 Å². The second-order valence-corrected chi connectivity index (χ2v) is 9.64. The van der Waals surface area contributed by atoms with Gasteiger partial charge in [-0.05, 0) is 56.5 Å². The highest BCUT2D eigenvalue weighted by atomic mass is 16.2. The van der Waals surface area contributed by atoms with Crippen molar-refractivity contribution in [3.63, 3.8) is 0 Å². The largest absolute Gasteiger partial charge is 0.352 e. The summed E-state index contributed by atoms with van der Waals surface area (Å²) in [4.78, 5) is 32.5. The lowest BCUT2D eigenvalue weighted by atomic mass is 10.1. The molecule has 4 rings (SSSR count). The number of fused-ring (bicyclic) bond motifs is 1. The molecule has 0 aliphatic carbocycles. The van der Waals surface area contributed by atoms with Gasteiger partial charge >= 0.3 is 0 Å². The average molecular weight is 497 g/mol. The van der Waals surface area contributed by atoms with Gasteiger partial charge in [0, 0.05) is 31.1 Å². The van der Waals surface area contributed by atoms with Gasteiger partial charge in [0.2, 0.25) is 5.91 Å². The molecule has 192 valence electrons. The maximum atomic E-state index is 13.5. The van der Waals surface area contributed by atoms with Crippen LogP contribution in [0.5, 0.6) is 0 Å². The number of nitrogens with zero attached hydrogens (tertiary/aromatic N) is 3. The molecule has 1 heterocycles. The third-order valence-electron chi connectivity index (χ3n) is 6.57. The highest BCUT2D eigenvalue weighted by Crippen LogP contribution is 2.19. The van der Waals surface area contributed by atoms with Gasteiger partial charge in [0.25, 0.3) is 5.91 Å². The number of aromatic nitrogens is 2. The Morgan fingerprint density at radius 2 is 1.54 bits per heavy atom. The van der Waals surface area contributed by atoms with Gasteiger partial charge in [-0.1, -0.05) is 67.1 Å². The lowest BCUT2D eigenvalue weighted by molar-refractivity contribution is -0.134. The van der Waals surface area contributed by atoms with Crippen molar-refractivity contribution in [2.75, 3.05) is 6.54 Å². The average Bonchev–Trinajstić information content (AvgIpc) is 3.27. The van der Waals surface area contributed by atoms with E-state index < -0.39 is 0 Å². The number of aryl methyl sites for hydroxylation is 1. The molecule has 6 heteroatoms. The minimum absolute atomic E-state index is 0.0360. The summed E-state index contributed by atoms with van der Waals surface area (Å²) >= 11 is 0. The Morgan fingerprint density at radius 3 is 2.27 bits per heavy atom. The normalized spacial score (nSPS) is 11.1. The summed E-state index contributed by atoms with van der Waals surface area (Å²) in [5.74, 6) is 0.990. The van der Waals surface area contributed by atoms with Gasteiger partial charge in [-0.15, -0.1) is 0 Å². The summed E-state index contributed by atoms with van der Waals surface area (Å²) in [5.41, 5.74) is 3.71. The Labute approximate surface area is 219 Å². The summed E-state index contributed by atoms with van der Waals surface area (Å²) in [6.07, 6.45) is 3.60. The molecule has 0 unspecified atom stereocenters. The van der Waals surface area contributed by atoms with E-state index in [0.29, 0.717) is 18.7 Å². The number of imidazole rings is 1. The van der Waals surface area contributed by atoms with Gasteiger partial charge in [0.15, 0.2) is 0 Å². The van der Waals surface area contributed by atoms with Crippen molar-refractivity contribution in [1.82, 2.24) is 19.8 Å². The van der Waals surface area contributed by atoms with Gasteiger partial charge in [-0.2, -0.15) is 0 Å². The van der Waals surface area contributed by atoms with Crippen LogP contribution in [-0.2, 0) is 24.3 Å². The molecule has 0 radical (unpaired) electrons. The van der Waals surface area contributed by atoms with Crippen LogP contribution in [0, 0.1) is 0 Å². The van der Waals surface area contributed by atoms with Gasteiger partial charge in [0.05, 0.1) is 11.0 Å². The second-order valence-electron chi connectivity index (χ2n) is 9.64. The second kappa shape index (κ2) is 12.9. The number of carbonyl (C=O) groups is 2.